The van der Waals surface area contributed by atoms with Gasteiger partial charge in [0.15, 0.2) is 0 Å². The second-order valence-corrected chi connectivity index (χ2v) is 6.25. The van der Waals surface area contributed by atoms with Crippen LogP contribution < -0.4 is 0 Å². The van der Waals surface area contributed by atoms with Crippen LogP contribution in [0.25, 0.3) is 11.0 Å². The lowest BCUT2D eigenvalue weighted by molar-refractivity contribution is 0.0697. The van der Waals surface area contributed by atoms with E-state index in [0.29, 0.717) is 5.52 Å². The molecule has 0 aliphatic rings. The van der Waals surface area contributed by atoms with E-state index in [0.717, 1.165) is 16.2 Å². The fourth-order valence-electron chi connectivity index (χ4n) is 2.53. The van der Waals surface area contributed by atoms with E-state index in [9.17, 15) is 4.79 Å². The summed E-state index contributed by atoms with van der Waals surface area (Å²) in [5.74, 6) is -0.937. The Hall–Kier alpha value is -2.21. The molecule has 0 saturated heterocycles. The largest absolute Gasteiger partial charge is 0.478 e. The fraction of sp³-hybridized carbons (Fsp3) is 0.267. The first-order valence-corrected chi connectivity index (χ1v) is 7.43. The number of carbonyl (C=O) groups is 1. The van der Waals surface area contributed by atoms with E-state index in [-0.39, 0.29) is 11.6 Å². The summed E-state index contributed by atoms with van der Waals surface area (Å²) in [7, 11) is 0. The molecule has 2 heterocycles. The van der Waals surface area contributed by atoms with Crippen molar-refractivity contribution < 1.29 is 9.90 Å². The SMILES string of the molecule is Cc1nc(C)c(C(C)n2cnc3cc(C(=O)O)ccc32)s1. The molecule has 0 aliphatic carbocycles. The van der Waals surface area contributed by atoms with Crippen molar-refractivity contribution in [2.75, 3.05) is 0 Å². The molecule has 21 heavy (non-hydrogen) atoms. The van der Waals surface area contributed by atoms with Gasteiger partial charge in [-0.05, 0) is 39.0 Å². The Morgan fingerprint density at radius 3 is 2.76 bits per heavy atom. The minimum atomic E-state index is -0.937. The average Bonchev–Trinajstić information content (AvgIpc) is 3.00. The van der Waals surface area contributed by atoms with Gasteiger partial charge in [0.25, 0.3) is 0 Å². The van der Waals surface area contributed by atoms with Crippen molar-refractivity contribution in [3.8, 4) is 0 Å². The van der Waals surface area contributed by atoms with E-state index in [1.54, 1.807) is 29.8 Å². The molecule has 2 aromatic heterocycles. The number of rotatable bonds is 3. The molecule has 0 saturated carbocycles. The Morgan fingerprint density at radius 2 is 2.14 bits per heavy atom. The number of hydrogen-bond donors (Lipinski definition) is 1. The molecular formula is C15H15N3O2S. The molecule has 3 rings (SSSR count). The number of aromatic carboxylic acids is 1. The van der Waals surface area contributed by atoms with Crippen LogP contribution in [-0.2, 0) is 0 Å². The molecule has 0 radical (unpaired) electrons. The highest BCUT2D eigenvalue weighted by Gasteiger charge is 2.17. The minimum absolute atomic E-state index is 0.122. The summed E-state index contributed by atoms with van der Waals surface area (Å²) in [6, 6.07) is 5.15. The van der Waals surface area contributed by atoms with Gasteiger partial charge in [-0.1, -0.05) is 0 Å². The van der Waals surface area contributed by atoms with Gasteiger partial charge >= 0.3 is 5.97 Å². The Kier molecular flexibility index (Phi) is 3.25. The highest BCUT2D eigenvalue weighted by Crippen LogP contribution is 2.30. The molecule has 1 atom stereocenters. The number of carboxylic acids is 1. The predicted octanol–water partition coefficient (Wildman–Crippen LogP) is 3.42. The lowest BCUT2D eigenvalue weighted by Crippen LogP contribution is -2.05. The molecule has 0 spiro atoms. The Morgan fingerprint density at radius 1 is 1.38 bits per heavy atom. The van der Waals surface area contributed by atoms with Gasteiger partial charge in [-0.15, -0.1) is 11.3 Å². The van der Waals surface area contributed by atoms with Gasteiger partial charge in [-0.3, -0.25) is 0 Å². The number of nitrogens with zero attached hydrogens (tertiary/aromatic N) is 3. The molecule has 0 fully saturated rings. The number of imidazole rings is 1. The first-order valence-electron chi connectivity index (χ1n) is 6.61. The van der Waals surface area contributed by atoms with Crippen LogP contribution in [-0.4, -0.2) is 25.6 Å². The van der Waals surface area contributed by atoms with Gasteiger partial charge in [0.1, 0.15) is 0 Å². The number of carboxylic acid groups (broad SMARTS) is 1. The van der Waals surface area contributed by atoms with Crippen LogP contribution in [0.3, 0.4) is 0 Å². The third kappa shape index (κ3) is 2.31. The van der Waals surface area contributed by atoms with Crippen molar-refractivity contribution >= 4 is 28.3 Å². The molecule has 5 nitrogen and oxygen atoms in total. The van der Waals surface area contributed by atoms with Crippen LogP contribution >= 0.6 is 11.3 Å². The van der Waals surface area contributed by atoms with Crippen molar-refractivity contribution in [2.24, 2.45) is 0 Å². The summed E-state index contributed by atoms with van der Waals surface area (Å²) in [4.78, 5) is 21.0. The molecule has 1 unspecified atom stereocenters. The summed E-state index contributed by atoms with van der Waals surface area (Å²) < 4.78 is 2.06. The molecule has 0 amide bonds. The Labute approximate surface area is 125 Å². The van der Waals surface area contributed by atoms with E-state index in [2.05, 4.69) is 21.5 Å². The lowest BCUT2D eigenvalue weighted by Gasteiger charge is -2.13. The summed E-state index contributed by atoms with van der Waals surface area (Å²) in [6.45, 7) is 6.11. The monoisotopic (exact) mass is 301 g/mol. The maximum absolute atomic E-state index is 11.0. The molecular weight excluding hydrogens is 286 g/mol. The second kappa shape index (κ2) is 4.96. The third-order valence-corrected chi connectivity index (χ3v) is 4.80. The van der Waals surface area contributed by atoms with E-state index >= 15 is 0 Å². The van der Waals surface area contributed by atoms with E-state index in [4.69, 9.17) is 5.11 Å². The van der Waals surface area contributed by atoms with Crippen molar-refractivity contribution in [3.63, 3.8) is 0 Å². The zero-order valence-corrected chi connectivity index (χ0v) is 12.8. The Balaban J connectivity index is 2.08. The quantitative estimate of drug-likeness (QED) is 0.805. The van der Waals surface area contributed by atoms with Crippen LogP contribution in [0.2, 0.25) is 0 Å². The standard InChI is InChI=1S/C15H15N3O2S/c1-8-14(21-10(3)17-8)9(2)18-7-16-12-6-11(15(19)20)4-5-13(12)18/h4-7,9H,1-3H3,(H,19,20). The maximum atomic E-state index is 11.0. The predicted molar refractivity (Wildman–Crippen MR) is 82.1 cm³/mol. The number of fused-ring (bicyclic) bond motifs is 1. The normalized spacial score (nSPS) is 12.7. The highest BCUT2D eigenvalue weighted by atomic mass is 32.1. The van der Waals surface area contributed by atoms with Crippen LogP contribution in [0, 0.1) is 13.8 Å². The van der Waals surface area contributed by atoms with Crippen molar-refractivity contribution in [3.05, 3.63) is 45.7 Å². The number of aryl methyl sites for hydroxylation is 2. The number of hydrogen-bond acceptors (Lipinski definition) is 4. The van der Waals surface area contributed by atoms with Crippen LogP contribution in [0.15, 0.2) is 24.5 Å². The van der Waals surface area contributed by atoms with Gasteiger partial charge in [-0.2, -0.15) is 0 Å². The molecule has 0 aliphatic heterocycles. The maximum Gasteiger partial charge on any atom is 0.335 e. The van der Waals surface area contributed by atoms with Crippen LogP contribution in [0.5, 0.6) is 0 Å². The van der Waals surface area contributed by atoms with E-state index < -0.39 is 5.97 Å². The summed E-state index contributed by atoms with van der Waals surface area (Å²) in [5, 5.41) is 10.1. The van der Waals surface area contributed by atoms with Gasteiger partial charge in [0, 0.05) is 0 Å². The van der Waals surface area contributed by atoms with Crippen LogP contribution in [0.1, 0.15) is 38.9 Å². The molecule has 0 bridgehead atoms. The summed E-state index contributed by atoms with van der Waals surface area (Å²) >= 11 is 1.68. The Bertz CT molecular complexity index is 835. The fourth-order valence-corrected chi connectivity index (χ4v) is 3.51. The molecule has 1 aromatic carbocycles. The first-order chi connectivity index (χ1) is 9.97. The van der Waals surface area contributed by atoms with E-state index in [1.165, 1.54) is 4.88 Å². The zero-order chi connectivity index (χ0) is 15.1. The molecule has 6 heteroatoms. The summed E-state index contributed by atoms with van der Waals surface area (Å²) in [6.07, 6.45) is 1.76. The van der Waals surface area contributed by atoms with Gasteiger partial charge < -0.3 is 9.67 Å². The van der Waals surface area contributed by atoms with Crippen molar-refractivity contribution in [1.29, 1.82) is 0 Å². The average molecular weight is 301 g/mol. The second-order valence-electron chi connectivity index (χ2n) is 5.02. The lowest BCUT2D eigenvalue weighted by atomic mass is 10.2. The molecule has 3 aromatic rings. The minimum Gasteiger partial charge on any atom is -0.478 e. The van der Waals surface area contributed by atoms with E-state index in [1.807, 2.05) is 19.9 Å². The number of aromatic nitrogens is 3. The molecule has 1 N–H and O–H groups in total. The van der Waals surface area contributed by atoms with Crippen molar-refractivity contribution in [2.45, 2.75) is 26.8 Å². The number of thiazole rings is 1. The third-order valence-electron chi connectivity index (χ3n) is 3.56. The van der Waals surface area contributed by atoms with Gasteiger partial charge in [-0.25, -0.2) is 14.8 Å². The zero-order valence-electron chi connectivity index (χ0n) is 12.0. The van der Waals surface area contributed by atoms with Crippen molar-refractivity contribution in [1.82, 2.24) is 14.5 Å². The summed E-state index contributed by atoms with van der Waals surface area (Å²) in [5.41, 5.74) is 2.91. The van der Waals surface area contributed by atoms with Gasteiger partial charge in [0.2, 0.25) is 0 Å². The smallest absolute Gasteiger partial charge is 0.335 e. The van der Waals surface area contributed by atoms with Gasteiger partial charge in [0.05, 0.1) is 44.5 Å². The topological polar surface area (TPSA) is 68.0 Å². The first kappa shape index (κ1) is 13.8. The number of benzene rings is 1. The van der Waals surface area contributed by atoms with Crippen LogP contribution in [0.4, 0.5) is 0 Å². The molecule has 108 valence electrons. The highest BCUT2D eigenvalue weighted by molar-refractivity contribution is 7.11.